The summed E-state index contributed by atoms with van der Waals surface area (Å²) in [6.07, 6.45) is 3.35. The smallest absolute Gasteiger partial charge is 0.326 e. The van der Waals surface area contributed by atoms with Crippen molar-refractivity contribution in [2.45, 2.75) is 45.6 Å². The first kappa shape index (κ1) is 29.9. The fraction of sp³-hybridized carbons (Fsp3) is 0.467. The first-order chi connectivity index (χ1) is 19.8. The molecule has 220 valence electrons. The van der Waals surface area contributed by atoms with Crippen LogP contribution in [0.2, 0.25) is 0 Å². The molecule has 0 bridgehead atoms. The topological polar surface area (TPSA) is 127 Å². The Hall–Kier alpha value is -4.12. The summed E-state index contributed by atoms with van der Waals surface area (Å²) in [7, 11) is 1.54. The molecule has 11 heteroatoms. The number of ketones is 1. The van der Waals surface area contributed by atoms with E-state index in [9.17, 15) is 19.2 Å². The summed E-state index contributed by atoms with van der Waals surface area (Å²) < 4.78 is 15.7. The van der Waals surface area contributed by atoms with Gasteiger partial charge in [0.1, 0.15) is 11.8 Å². The number of hydrogen-bond acceptors (Lipinski definition) is 10. The van der Waals surface area contributed by atoms with Gasteiger partial charge < -0.3 is 29.4 Å². The minimum atomic E-state index is -2.14. The Morgan fingerprint density at radius 3 is 2.12 bits per heavy atom. The van der Waals surface area contributed by atoms with E-state index < -0.39 is 35.1 Å². The van der Waals surface area contributed by atoms with Crippen molar-refractivity contribution < 1.29 is 33.4 Å². The van der Waals surface area contributed by atoms with Crippen LogP contribution in [0.15, 0.2) is 48.5 Å². The first-order valence-corrected chi connectivity index (χ1v) is 14.1. The van der Waals surface area contributed by atoms with E-state index in [2.05, 4.69) is 15.8 Å². The molecular weight excluding hydrogens is 528 g/mol. The average Bonchev–Trinajstić information content (AvgIpc) is 3.00. The number of methoxy groups -OCH3 is 1. The normalized spacial score (nSPS) is 19.9. The van der Waals surface area contributed by atoms with Gasteiger partial charge in [0, 0.05) is 36.7 Å². The van der Waals surface area contributed by atoms with Crippen LogP contribution >= 0.6 is 0 Å². The maximum absolute atomic E-state index is 13.9. The highest BCUT2D eigenvalue weighted by Crippen LogP contribution is 2.38. The number of hydrogen-bond donors (Lipinski definition) is 2. The second kappa shape index (κ2) is 13.5. The van der Waals surface area contributed by atoms with Gasteiger partial charge in [-0.1, -0.05) is 0 Å². The van der Waals surface area contributed by atoms with E-state index in [0.717, 1.165) is 31.6 Å². The van der Waals surface area contributed by atoms with Crippen LogP contribution in [-0.4, -0.2) is 69.6 Å². The van der Waals surface area contributed by atoms with Crippen LogP contribution in [0.5, 0.6) is 5.75 Å². The van der Waals surface area contributed by atoms with E-state index in [-0.39, 0.29) is 26.2 Å². The number of piperidine rings is 2. The van der Waals surface area contributed by atoms with Crippen LogP contribution in [0.3, 0.4) is 0 Å². The summed E-state index contributed by atoms with van der Waals surface area (Å²) in [4.78, 5) is 57.9. The number of benzene rings is 2. The van der Waals surface area contributed by atoms with Crippen molar-refractivity contribution in [1.29, 1.82) is 0 Å². The Labute approximate surface area is 240 Å². The fourth-order valence-electron chi connectivity index (χ4n) is 5.35. The molecule has 41 heavy (non-hydrogen) atoms. The van der Waals surface area contributed by atoms with Crippen LogP contribution in [0.25, 0.3) is 0 Å². The highest BCUT2D eigenvalue weighted by atomic mass is 16.5. The van der Waals surface area contributed by atoms with Gasteiger partial charge in [0.15, 0.2) is 5.41 Å². The maximum atomic E-state index is 13.9. The zero-order chi connectivity index (χ0) is 29.4. The van der Waals surface area contributed by atoms with Crippen LogP contribution < -0.4 is 25.4 Å². The molecule has 2 fully saturated rings. The fourth-order valence-corrected chi connectivity index (χ4v) is 5.35. The van der Waals surface area contributed by atoms with Crippen molar-refractivity contribution in [2.24, 2.45) is 5.41 Å². The molecule has 0 aromatic heterocycles. The third-order valence-electron chi connectivity index (χ3n) is 7.56. The van der Waals surface area contributed by atoms with Gasteiger partial charge in [0.2, 0.25) is 5.78 Å². The largest absolute Gasteiger partial charge is 0.497 e. The summed E-state index contributed by atoms with van der Waals surface area (Å²) >= 11 is 0. The van der Waals surface area contributed by atoms with Gasteiger partial charge in [-0.05, 0) is 88.1 Å². The number of ether oxygens (including phenoxy) is 3. The number of carbonyl (C=O) groups excluding carboxylic acids is 4. The zero-order valence-corrected chi connectivity index (χ0v) is 23.8. The molecule has 2 N–H and O–H groups in total. The van der Waals surface area contributed by atoms with Crippen molar-refractivity contribution in [1.82, 2.24) is 5.43 Å². The molecule has 4 rings (SSSR count). The van der Waals surface area contributed by atoms with E-state index in [1.807, 2.05) is 12.1 Å². The van der Waals surface area contributed by atoms with Gasteiger partial charge in [-0.25, -0.2) is 5.43 Å². The minimum Gasteiger partial charge on any atom is -0.497 e. The van der Waals surface area contributed by atoms with Crippen LogP contribution in [0, 0.1) is 5.41 Å². The van der Waals surface area contributed by atoms with Crippen LogP contribution in [0.1, 0.15) is 39.5 Å². The standard InChI is InChI=1S/C30H38N4O7/c1-4-40-28(37)25(32-31-21-9-15-24(39-3)16-10-21)30(29(38)41-5-2)17-20-34(27(36)26(30)35)23-13-11-22(12-14-23)33-18-7-6-8-19-33/h9-16,25,31-32H,4-8,17-20H2,1-3H3. The molecule has 2 aliphatic rings. The van der Waals surface area contributed by atoms with Gasteiger partial charge >= 0.3 is 11.9 Å². The lowest BCUT2D eigenvalue weighted by atomic mass is 9.70. The number of nitrogens with zero attached hydrogens (tertiary/aromatic N) is 2. The lowest BCUT2D eigenvalue weighted by Crippen LogP contribution is -2.67. The van der Waals surface area contributed by atoms with Crippen molar-refractivity contribution in [3.05, 3.63) is 48.5 Å². The molecule has 0 spiro atoms. The number of esters is 2. The SMILES string of the molecule is CCOC(=O)C(NNc1ccc(OC)cc1)C1(C(=O)OCC)CCN(c2ccc(N3CCCCC3)cc2)C(=O)C1=O. The van der Waals surface area contributed by atoms with E-state index in [1.54, 1.807) is 57.4 Å². The molecule has 2 unspecified atom stereocenters. The highest BCUT2D eigenvalue weighted by Gasteiger charge is 2.62. The highest BCUT2D eigenvalue weighted by molar-refractivity contribution is 6.47. The minimum absolute atomic E-state index is 0.0100. The molecule has 0 radical (unpaired) electrons. The molecule has 2 atom stereocenters. The third-order valence-corrected chi connectivity index (χ3v) is 7.56. The van der Waals surface area contributed by atoms with E-state index >= 15 is 0 Å². The number of rotatable bonds is 11. The van der Waals surface area contributed by atoms with Gasteiger partial charge in [0.05, 0.1) is 20.3 Å². The van der Waals surface area contributed by atoms with Crippen LogP contribution in [-0.2, 0) is 28.7 Å². The number of carbonyl (C=O) groups is 4. The number of nitrogens with one attached hydrogen (secondary N) is 2. The van der Waals surface area contributed by atoms with E-state index in [0.29, 0.717) is 17.1 Å². The molecular formula is C30H38N4O7. The summed E-state index contributed by atoms with van der Waals surface area (Å²) in [5.74, 6) is -3.12. The Morgan fingerprint density at radius 2 is 1.51 bits per heavy atom. The van der Waals surface area contributed by atoms with E-state index in [4.69, 9.17) is 14.2 Å². The summed E-state index contributed by atoms with van der Waals surface area (Å²) in [5, 5.41) is 0. The second-order valence-electron chi connectivity index (χ2n) is 9.97. The summed E-state index contributed by atoms with van der Waals surface area (Å²) in [6, 6.07) is 12.7. The molecule has 2 saturated heterocycles. The Morgan fingerprint density at radius 1 is 0.878 bits per heavy atom. The molecule has 2 aromatic rings. The van der Waals surface area contributed by atoms with Crippen molar-refractivity contribution in [3.63, 3.8) is 0 Å². The monoisotopic (exact) mass is 566 g/mol. The molecule has 1 amide bonds. The molecule has 2 aromatic carbocycles. The lowest BCUT2D eigenvalue weighted by Gasteiger charge is -2.41. The maximum Gasteiger partial charge on any atom is 0.326 e. The van der Waals surface area contributed by atoms with Crippen LogP contribution in [0.4, 0.5) is 17.1 Å². The average molecular weight is 567 g/mol. The zero-order valence-electron chi connectivity index (χ0n) is 23.8. The number of hydrazine groups is 1. The third kappa shape index (κ3) is 6.30. The molecule has 0 saturated carbocycles. The predicted molar refractivity (Wildman–Crippen MR) is 154 cm³/mol. The molecule has 11 nitrogen and oxygen atoms in total. The quantitative estimate of drug-likeness (QED) is 0.181. The summed E-state index contributed by atoms with van der Waals surface area (Å²) in [5.41, 5.74) is 5.66. The summed E-state index contributed by atoms with van der Waals surface area (Å²) in [6.45, 7) is 5.17. The molecule has 2 aliphatic heterocycles. The van der Waals surface area contributed by atoms with Gasteiger partial charge in [0.25, 0.3) is 5.91 Å². The predicted octanol–water partition coefficient (Wildman–Crippen LogP) is 3.09. The van der Waals surface area contributed by atoms with Crippen molar-refractivity contribution >= 4 is 40.7 Å². The van der Waals surface area contributed by atoms with Gasteiger partial charge in [-0.15, -0.1) is 0 Å². The van der Waals surface area contributed by atoms with Gasteiger partial charge in [-0.3, -0.25) is 19.2 Å². The number of amides is 1. The Balaban J connectivity index is 1.61. The lowest BCUT2D eigenvalue weighted by molar-refractivity contribution is -0.172. The molecule has 0 aliphatic carbocycles. The van der Waals surface area contributed by atoms with E-state index in [1.165, 1.54) is 11.3 Å². The number of anilines is 3. The Bertz CT molecular complexity index is 1230. The molecule has 2 heterocycles. The number of Topliss-reactive ketones (excluding diaryl/α,β-unsaturated/α-hetero) is 1. The second-order valence-corrected chi connectivity index (χ2v) is 9.97. The van der Waals surface area contributed by atoms with Crippen molar-refractivity contribution in [3.8, 4) is 5.75 Å². The van der Waals surface area contributed by atoms with Gasteiger partial charge in [-0.2, -0.15) is 0 Å². The Kier molecular flexibility index (Phi) is 9.82. The first-order valence-electron chi connectivity index (χ1n) is 14.1. The van der Waals surface area contributed by atoms with Crippen molar-refractivity contribution in [2.75, 3.05) is 55.2 Å².